The topological polar surface area (TPSA) is 12.0 Å². The highest BCUT2D eigenvalue weighted by Crippen LogP contribution is 2.61. The molecule has 5 rings (SSSR count). The van der Waals surface area contributed by atoms with Crippen molar-refractivity contribution in [3.63, 3.8) is 0 Å². The molecular weight excluding hydrogens is 254 g/mol. The molecule has 0 heterocycles. The smallest absolute Gasteiger partial charge is 0.00980 e. The SMILES string of the molecule is CCC1CCCC(NC(C)C23CC4CC(CC(C4)C2)C3)C1. The van der Waals surface area contributed by atoms with Crippen LogP contribution in [0.5, 0.6) is 0 Å². The minimum Gasteiger partial charge on any atom is -0.311 e. The molecule has 0 aromatic rings. The summed E-state index contributed by atoms with van der Waals surface area (Å²) in [5, 5.41) is 4.14. The molecule has 0 radical (unpaired) electrons. The highest BCUT2D eigenvalue weighted by molar-refractivity contribution is 5.05. The molecule has 1 N–H and O–H groups in total. The molecule has 1 heteroatoms. The van der Waals surface area contributed by atoms with Gasteiger partial charge in [0.1, 0.15) is 0 Å². The molecule has 0 amide bonds. The van der Waals surface area contributed by atoms with Gasteiger partial charge in [0, 0.05) is 12.1 Å². The van der Waals surface area contributed by atoms with Crippen molar-refractivity contribution in [1.29, 1.82) is 0 Å². The molecule has 0 saturated heterocycles. The van der Waals surface area contributed by atoms with E-state index in [1.165, 1.54) is 32.1 Å². The summed E-state index contributed by atoms with van der Waals surface area (Å²) in [4.78, 5) is 0. The summed E-state index contributed by atoms with van der Waals surface area (Å²) < 4.78 is 0. The van der Waals surface area contributed by atoms with E-state index in [1.807, 2.05) is 0 Å². The Hall–Kier alpha value is -0.0400. The van der Waals surface area contributed by atoms with Crippen LogP contribution < -0.4 is 5.32 Å². The lowest BCUT2D eigenvalue weighted by atomic mass is 9.48. The van der Waals surface area contributed by atoms with E-state index in [-0.39, 0.29) is 0 Å². The van der Waals surface area contributed by atoms with Crippen LogP contribution in [0.2, 0.25) is 0 Å². The Morgan fingerprint density at radius 2 is 1.57 bits per heavy atom. The summed E-state index contributed by atoms with van der Waals surface area (Å²) in [6, 6.07) is 1.60. The zero-order valence-electron chi connectivity index (χ0n) is 14.2. The van der Waals surface area contributed by atoms with Crippen molar-refractivity contribution < 1.29 is 0 Å². The maximum atomic E-state index is 4.14. The summed E-state index contributed by atoms with van der Waals surface area (Å²) in [6.45, 7) is 4.93. The third-order valence-electron chi connectivity index (χ3n) is 7.85. The monoisotopic (exact) mass is 289 g/mol. The number of nitrogens with one attached hydrogen (secondary N) is 1. The van der Waals surface area contributed by atoms with Crippen molar-refractivity contribution >= 4 is 0 Å². The van der Waals surface area contributed by atoms with Crippen LogP contribution in [-0.4, -0.2) is 12.1 Å². The number of rotatable bonds is 4. The molecule has 120 valence electrons. The van der Waals surface area contributed by atoms with Crippen LogP contribution in [0.25, 0.3) is 0 Å². The summed E-state index contributed by atoms with van der Waals surface area (Å²) >= 11 is 0. The molecular formula is C20H35N. The molecule has 3 unspecified atom stereocenters. The van der Waals surface area contributed by atoms with Crippen LogP contribution >= 0.6 is 0 Å². The maximum absolute atomic E-state index is 4.14. The quantitative estimate of drug-likeness (QED) is 0.754. The Bertz CT molecular complexity index is 339. The van der Waals surface area contributed by atoms with Crippen LogP contribution in [-0.2, 0) is 0 Å². The van der Waals surface area contributed by atoms with E-state index in [4.69, 9.17) is 0 Å². The summed E-state index contributed by atoms with van der Waals surface area (Å²) in [5.74, 6) is 4.28. The normalized spacial score (nSPS) is 50.3. The zero-order chi connectivity index (χ0) is 14.4. The molecule has 0 aromatic heterocycles. The van der Waals surface area contributed by atoms with Crippen LogP contribution in [0.3, 0.4) is 0 Å². The van der Waals surface area contributed by atoms with Crippen LogP contribution in [0, 0.1) is 29.1 Å². The Morgan fingerprint density at radius 1 is 0.952 bits per heavy atom. The van der Waals surface area contributed by atoms with E-state index in [9.17, 15) is 0 Å². The first-order valence-electron chi connectivity index (χ1n) is 9.93. The van der Waals surface area contributed by atoms with Crippen molar-refractivity contribution in [2.24, 2.45) is 29.1 Å². The number of hydrogen-bond donors (Lipinski definition) is 1. The van der Waals surface area contributed by atoms with Gasteiger partial charge in [-0.3, -0.25) is 0 Å². The van der Waals surface area contributed by atoms with Gasteiger partial charge in [-0.05, 0) is 87.4 Å². The first kappa shape index (κ1) is 14.5. The first-order chi connectivity index (χ1) is 10.2. The molecule has 5 saturated carbocycles. The fourth-order valence-corrected chi connectivity index (χ4v) is 7.05. The first-order valence-corrected chi connectivity index (χ1v) is 9.93. The molecule has 0 aromatic carbocycles. The van der Waals surface area contributed by atoms with Gasteiger partial charge in [0.25, 0.3) is 0 Å². The second-order valence-electron chi connectivity index (χ2n) is 9.31. The van der Waals surface area contributed by atoms with Gasteiger partial charge < -0.3 is 5.32 Å². The average molecular weight is 290 g/mol. The fraction of sp³-hybridized carbons (Fsp3) is 1.00. The van der Waals surface area contributed by atoms with E-state index >= 15 is 0 Å². The third-order valence-corrected chi connectivity index (χ3v) is 7.85. The minimum atomic E-state index is 0.688. The average Bonchev–Trinajstić information content (AvgIpc) is 2.46. The van der Waals surface area contributed by atoms with Crippen LogP contribution in [0.15, 0.2) is 0 Å². The van der Waals surface area contributed by atoms with Gasteiger partial charge in [-0.25, -0.2) is 0 Å². The van der Waals surface area contributed by atoms with Gasteiger partial charge in [-0.1, -0.05) is 26.2 Å². The lowest BCUT2D eigenvalue weighted by Crippen LogP contribution is -2.56. The molecule has 5 aliphatic rings. The highest BCUT2D eigenvalue weighted by Gasteiger charge is 2.53. The Labute approximate surface area is 131 Å². The fourth-order valence-electron chi connectivity index (χ4n) is 7.05. The molecule has 0 spiro atoms. The van der Waals surface area contributed by atoms with Gasteiger partial charge in [-0.2, -0.15) is 0 Å². The van der Waals surface area contributed by atoms with Crippen molar-refractivity contribution in [2.45, 2.75) is 96.6 Å². The largest absolute Gasteiger partial charge is 0.311 e. The van der Waals surface area contributed by atoms with E-state index < -0.39 is 0 Å². The van der Waals surface area contributed by atoms with Crippen LogP contribution in [0.1, 0.15) is 84.5 Å². The molecule has 3 atom stereocenters. The Balaban J connectivity index is 1.41. The van der Waals surface area contributed by atoms with Crippen molar-refractivity contribution in [3.8, 4) is 0 Å². The standard InChI is InChI=1S/C20H35N/c1-3-15-5-4-6-19(10-15)21-14(2)20-11-16-7-17(12-20)9-18(8-16)13-20/h14-19,21H,3-13H2,1-2H3. The molecule has 5 aliphatic carbocycles. The molecule has 5 fully saturated rings. The summed E-state index contributed by atoms with van der Waals surface area (Å²) in [7, 11) is 0. The molecule has 1 nitrogen and oxygen atoms in total. The van der Waals surface area contributed by atoms with E-state index in [2.05, 4.69) is 19.2 Å². The van der Waals surface area contributed by atoms with E-state index in [0.717, 1.165) is 35.8 Å². The summed E-state index contributed by atoms with van der Waals surface area (Å²) in [5.41, 5.74) is 0.688. The predicted octanol–water partition coefficient (Wildman–Crippen LogP) is 5.15. The predicted molar refractivity (Wildman–Crippen MR) is 89.2 cm³/mol. The lowest BCUT2D eigenvalue weighted by molar-refractivity contribution is -0.0730. The van der Waals surface area contributed by atoms with Crippen LogP contribution in [0.4, 0.5) is 0 Å². The van der Waals surface area contributed by atoms with Gasteiger partial charge in [0.05, 0.1) is 0 Å². The second-order valence-corrected chi connectivity index (χ2v) is 9.31. The maximum Gasteiger partial charge on any atom is 0.00980 e. The van der Waals surface area contributed by atoms with Crippen molar-refractivity contribution in [2.75, 3.05) is 0 Å². The molecule has 4 bridgehead atoms. The zero-order valence-corrected chi connectivity index (χ0v) is 14.2. The van der Waals surface area contributed by atoms with Gasteiger partial charge in [0.15, 0.2) is 0 Å². The van der Waals surface area contributed by atoms with Gasteiger partial charge in [-0.15, -0.1) is 0 Å². The Kier molecular flexibility index (Phi) is 3.84. The van der Waals surface area contributed by atoms with Crippen molar-refractivity contribution in [3.05, 3.63) is 0 Å². The van der Waals surface area contributed by atoms with E-state index in [0.29, 0.717) is 5.41 Å². The minimum absolute atomic E-state index is 0.688. The Morgan fingerprint density at radius 3 is 2.14 bits per heavy atom. The molecule has 21 heavy (non-hydrogen) atoms. The lowest BCUT2D eigenvalue weighted by Gasteiger charge is -2.59. The third kappa shape index (κ3) is 2.69. The van der Waals surface area contributed by atoms with Gasteiger partial charge in [0.2, 0.25) is 0 Å². The highest BCUT2D eigenvalue weighted by atomic mass is 15.0. The number of hydrogen-bond acceptors (Lipinski definition) is 1. The summed E-state index contributed by atoms with van der Waals surface area (Å²) in [6.07, 6.45) is 16.6. The second kappa shape index (κ2) is 5.55. The van der Waals surface area contributed by atoms with Gasteiger partial charge >= 0.3 is 0 Å². The van der Waals surface area contributed by atoms with Crippen molar-refractivity contribution in [1.82, 2.24) is 5.32 Å². The van der Waals surface area contributed by atoms with E-state index in [1.54, 1.807) is 38.5 Å². The molecule has 0 aliphatic heterocycles.